The number of carbonyl (C=O) groups is 1. The van der Waals surface area contributed by atoms with Crippen LogP contribution in [0, 0.1) is 0 Å². The number of imidazole rings is 1. The number of pyridine rings is 2. The molecule has 3 rings (SSSR count). The van der Waals surface area contributed by atoms with Crippen LogP contribution in [-0.4, -0.2) is 34.9 Å². The number of hydrogen-bond acceptors (Lipinski definition) is 5. The fourth-order valence-corrected chi connectivity index (χ4v) is 2.81. The largest absolute Gasteiger partial charge is 0.310 e. The first-order chi connectivity index (χ1) is 11.3. The molecule has 0 aliphatic carbocycles. The van der Waals surface area contributed by atoms with Gasteiger partial charge in [0.1, 0.15) is 5.65 Å². The van der Waals surface area contributed by atoms with E-state index in [4.69, 9.17) is 0 Å². The number of sulfonamides is 1. The standard InChI is InChI=1S/C15H15N5O3S/c1-10(21)17-14-9-20-8-11(3-4-15(20)18-14)12-5-13(7-16-6-12)19-24(2,22)23/h3-9,19H,1-2H3,(H,17,21). The van der Waals surface area contributed by atoms with Crippen LogP contribution in [0.3, 0.4) is 0 Å². The van der Waals surface area contributed by atoms with Crippen molar-refractivity contribution in [3.05, 3.63) is 43.0 Å². The minimum absolute atomic E-state index is 0.192. The van der Waals surface area contributed by atoms with Crippen LogP contribution in [-0.2, 0) is 14.8 Å². The average molecular weight is 345 g/mol. The number of amides is 1. The molecule has 0 saturated carbocycles. The summed E-state index contributed by atoms with van der Waals surface area (Å²) >= 11 is 0. The zero-order valence-electron chi connectivity index (χ0n) is 13.0. The molecule has 0 unspecified atom stereocenters. The maximum Gasteiger partial charge on any atom is 0.229 e. The highest BCUT2D eigenvalue weighted by molar-refractivity contribution is 7.92. The van der Waals surface area contributed by atoms with Gasteiger partial charge in [0.2, 0.25) is 15.9 Å². The molecule has 3 heterocycles. The first kappa shape index (κ1) is 15.9. The number of anilines is 2. The van der Waals surface area contributed by atoms with Crippen LogP contribution in [0.25, 0.3) is 16.8 Å². The van der Waals surface area contributed by atoms with Gasteiger partial charge in [-0.1, -0.05) is 0 Å². The van der Waals surface area contributed by atoms with Crippen LogP contribution < -0.4 is 10.0 Å². The first-order valence-corrected chi connectivity index (χ1v) is 8.89. The Hall–Kier alpha value is -2.94. The molecular formula is C15H15N5O3S. The second-order valence-corrected chi connectivity index (χ2v) is 7.08. The molecule has 2 N–H and O–H groups in total. The van der Waals surface area contributed by atoms with E-state index in [1.807, 2.05) is 12.3 Å². The third-order valence-electron chi connectivity index (χ3n) is 3.13. The van der Waals surface area contributed by atoms with Gasteiger partial charge in [0.15, 0.2) is 5.82 Å². The van der Waals surface area contributed by atoms with Crippen LogP contribution in [0.1, 0.15) is 6.92 Å². The van der Waals surface area contributed by atoms with Crippen LogP contribution >= 0.6 is 0 Å². The lowest BCUT2D eigenvalue weighted by Gasteiger charge is -2.06. The fraction of sp³-hybridized carbons (Fsp3) is 0.133. The molecule has 0 bridgehead atoms. The SMILES string of the molecule is CC(=O)Nc1cn2cc(-c3cncc(NS(C)(=O)=O)c3)ccc2n1. The zero-order valence-corrected chi connectivity index (χ0v) is 13.8. The average Bonchev–Trinajstić information content (AvgIpc) is 2.85. The number of hydrogen-bond donors (Lipinski definition) is 2. The second kappa shape index (κ2) is 5.93. The molecule has 0 aromatic carbocycles. The van der Waals surface area contributed by atoms with Gasteiger partial charge in [-0.3, -0.25) is 14.5 Å². The van der Waals surface area contributed by atoms with Crippen LogP contribution in [0.4, 0.5) is 11.5 Å². The molecule has 0 fully saturated rings. The summed E-state index contributed by atoms with van der Waals surface area (Å²) in [7, 11) is -3.36. The van der Waals surface area contributed by atoms with Crippen molar-refractivity contribution >= 4 is 33.1 Å². The Morgan fingerprint density at radius 2 is 1.96 bits per heavy atom. The lowest BCUT2D eigenvalue weighted by Crippen LogP contribution is -2.09. The summed E-state index contributed by atoms with van der Waals surface area (Å²) in [5, 5.41) is 2.63. The molecule has 0 atom stereocenters. The summed E-state index contributed by atoms with van der Waals surface area (Å²) in [6.45, 7) is 1.42. The summed E-state index contributed by atoms with van der Waals surface area (Å²) in [6, 6.07) is 5.35. The molecule has 124 valence electrons. The number of rotatable bonds is 4. The molecule has 9 heteroatoms. The molecule has 8 nitrogen and oxygen atoms in total. The predicted octanol–water partition coefficient (Wildman–Crippen LogP) is 1.73. The Morgan fingerprint density at radius 1 is 1.17 bits per heavy atom. The number of fused-ring (bicyclic) bond motifs is 1. The molecule has 0 aliphatic heterocycles. The number of nitrogens with one attached hydrogen (secondary N) is 2. The Balaban J connectivity index is 1.97. The third kappa shape index (κ3) is 3.69. The molecule has 0 saturated heterocycles. The van der Waals surface area contributed by atoms with E-state index in [2.05, 4.69) is 20.0 Å². The van der Waals surface area contributed by atoms with E-state index in [1.54, 1.807) is 28.9 Å². The van der Waals surface area contributed by atoms with Crippen molar-refractivity contribution in [2.75, 3.05) is 16.3 Å². The fourth-order valence-electron chi connectivity index (χ4n) is 2.27. The van der Waals surface area contributed by atoms with Crippen molar-refractivity contribution in [2.24, 2.45) is 0 Å². The van der Waals surface area contributed by atoms with Gasteiger partial charge < -0.3 is 9.72 Å². The highest BCUT2D eigenvalue weighted by atomic mass is 32.2. The zero-order chi connectivity index (χ0) is 17.3. The van der Waals surface area contributed by atoms with Gasteiger partial charge >= 0.3 is 0 Å². The molecule has 3 aromatic heterocycles. The molecule has 1 amide bonds. The van der Waals surface area contributed by atoms with Gasteiger partial charge in [-0.25, -0.2) is 13.4 Å². The quantitative estimate of drug-likeness (QED) is 0.749. The van der Waals surface area contributed by atoms with Gasteiger partial charge in [-0.15, -0.1) is 0 Å². The Morgan fingerprint density at radius 3 is 2.67 bits per heavy atom. The van der Waals surface area contributed by atoms with Gasteiger partial charge in [-0.05, 0) is 18.2 Å². The van der Waals surface area contributed by atoms with Gasteiger partial charge in [0, 0.05) is 30.4 Å². The lowest BCUT2D eigenvalue weighted by molar-refractivity contribution is -0.114. The van der Waals surface area contributed by atoms with Gasteiger partial charge in [0.05, 0.1) is 24.3 Å². The van der Waals surface area contributed by atoms with Crippen LogP contribution in [0.2, 0.25) is 0 Å². The molecule has 0 aliphatic rings. The number of aromatic nitrogens is 3. The van der Waals surface area contributed by atoms with Crippen LogP contribution in [0.15, 0.2) is 43.0 Å². The number of carbonyl (C=O) groups excluding carboxylic acids is 1. The maximum absolute atomic E-state index is 11.3. The summed E-state index contributed by atoms with van der Waals surface area (Å²) in [4.78, 5) is 19.4. The normalized spacial score (nSPS) is 11.4. The summed E-state index contributed by atoms with van der Waals surface area (Å²) in [6.07, 6.45) is 7.69. The van der Waals surface area contributed by atoms with Gasteiger partial charge in [0.25, 0.3) is 0 Å². The Bertz CT molecular complexity index is 1030. The Labute approximate surface area is 138 Å². The van der Waals surface area contributed by atoms with E-state index >= 15 is 0 Å². The van der Waals surface area contributed by atoms with Crippen molar-refractivity contribution in [3.8, 4) is 11.1 Å². The minimum Gasteiger partial charge on any atom is -0.310 e. The molecular weight excluding hydrogens is 330 g/mol. The first-order valence-electron chi connectivity index (χ1n) is 7.00. The molecule has 0 radical (unpaired) electrons. The Kier molecular flexibility index (Phi) is 3.94. The van der Waals surface area contributed by atoms with Crippen molar-refractivity contribution in [1.82, 2.24) is 14.4 Å². The minimum atomic E-state index is -3.36. The summed E-state index contributed by atoms with van der Waals surface area (Å²) in [5.41, 5.74) is 2.65. The van der Waals surface area contributed by atoms with E-state index in [1.165, 1.54) is 13.1 Å². The predicted molar refractivity (Wildman–Crippen MR) is 91.2 cm³/mol. The number of nitrogens with zero attached hydrogens (tertiary/aromatic N) is 3. The highest BCUT2D eigenvalue weighted by Crippen LogP contribution is 2.23. The molecule has 24 heavy (non-hydrogen) atoms. The molecule has 0 spiro atoms. The molecule has 3 aromatic rings. The monoisotopic (exact) mass is 345 g/mol. The van der Waals surface area contributed by atoms with E-state index in [9.17, 15) is 13.2 Å². The van der Waals surface area contributed by atoms with E-state index < -0.39 is 10.0 Å². The van der Waals surface area contributed by atoms with E-state index in [0.29, 0.717) is 17.2 Å². The second-order valence-electron chi connectivity index (χ2n) is 5.33. The smallest absolute Gasteiger partial charge is 0.229 e. The van der Waals surface area contributed by atoms with Gasteiger partial charge in [-0.2, -0.15) is 0 Å². The van der Waals surface area contributed by atoms with E-state index in [0.717, 1.165) is 17.4 Å². The van der Waals surface area contributed by atoms with Crippen molar-refractivity contribution in [3.63, 3.8) is 0 Å². The lowest BCUT2D eigenvalue weighted by atomic mass is 10.1. The van der Waals surface area contributed by atoms with E-state index in [-0.39, 0.29) is 5.91 Å². The van der Waals surface area contributed by atoms with Crippen molar-refractivity contribution in [2.45, 2.75) is 6.92 Å². The highest BCUT2D eigenvalue weighted by Gasteiger charge is 2.07. The third-order valence-corrected chi connectivity index (χ3v) is 3.74. The van der Waals surface area contributed by atoms with Crippen LogP contribution in [0.5, 0.6) is 0 Å². The van der Waals surface area contributed by atoms with Crippen molar-refractivity contribution in [1.29, 1.82) is 0 Å². The topological polar surface area (TPSA) is 105 Å². The summed E-state index contributed by atoms with van der Waals surface area (Å²) in [5.74, 6) is 0.271. The maximum atomic E-state index is 11.3. The summed E-state index contributed by atoms with van der Waals surface area (Å²) < 4.78 is 26.8. The van der Waals surface area contributed by atoms with Crippen molar-refractivity contribution < 1.29 is 13.2 Å².